The second kappa shape index (κ2) is 4.05. The Bertz CT molecular complexity index is 367. The zero-order chi connectivity index (χ0) is 9.80. The monoisotopic (exact) mass is 187 g/mol. The molecule has 0 fully saturated rings. The van der Waals surface area contributed by atoms with Gasteiger partial charge in [-0.15, -0.1) is 0 Å². The summed E-state index contributed by atoms with van der Waals surface area (Å²) in [6, 6.07) is 10.4. The quantitative estimate of drug-likeness (QED) is 0.800. The van der Waals surface area contributed by atoms with Crippen LogP contribution in [0.3, 0.4) is 0 Å². The molecule has 0 aliphatic carbocycles. The van der Waals surface area contributed by atoms with Crippen LogP contribution in [0.4, 0.5) is 0 Å². The van der Waals surface area contributed by atoms with Crippen LogP contribution in [-0.2, 0) is 6.42 Å². The van der Waals surface area contributed by atoms with Gasteiger partial charge in [0.15, 0.2) is 0 Å². The standard InChI is InChI=1S/C11H13N3/c1-9(7-11-12-8-13-14-11)10-5-3-2-4-6-10/h2-6,8-9H,7H2,1H3,(H,12,13,14). The Morgan fingerprint density at radius 3 is 2.71 bits per heavy atom. The Hall–Kier alpha value is -1.64. The van der Waals surface area contributed by atoms with E-state index in [4.69, 9.17) is 0 Å². The van der Waals surface area contributed by atoms with Gasteiger partial charge in [-0.2, -0.15) is 5.10 Å². The van der Waals surface area contributed by atoms with Crippen LogP contribution in [0.15, 0.2) is 36.7 Å². The van der Waals surface area contributed by atoms with Gasteiger partial charge in [0, 0.05) is 6.42 Å². The van der Waals surface area contributed by atoms with Crippen molar-refractivity contribution in [2.45, 2.75) is 19.3 Å². The summed E-state index contributed by atoms with van der Waals surface area (Å²) in [5, 5.41) is 6.71. The van der Waals surface area contributed by atoms with Gasteiger partial charge in [0.1, 0.15) is 12.2 Å². The van der Waals surface area contributed by atoms with E-state index in [-0.39, 0.29) is 0 Å². The predicted octanol–water partition coefficient (Wildman–Crippen LogP) is 2.15. The Morgan fingerprint density at radius 2 is 2.07 bits per heavy atom. The third kappa shape index (κ3) is 1.99. The largest absolute Gasteiger partial charge is 0.263 e. The van der Waals surface area contributed by atoms with Crippen molar-refractivity contribution in [3.63, 3.8) is 0 Å². The number of H-pyrrole nitrogens is 1. The fourth-order valence-corrected chi connectivity index (χ4v) is 1.52. The van der Waals surface area contributed by atoms with Crippen LogP contribution in [-0.4, -0.2) is 15.2 Å². The number of rotatable bonds is 3. The van der Waals surface area contributed by atoms with Crippen LogP contribution in [0.5, 0.6) is 0 Å². The number of hydrogen-bond acceptors (Lipinski definition) is 2. The maximum atomic E-state index is 4.12. The lowest BCUT2D eigenvalue weighted by atomic mass is 9.98. The summed E-state index contributed by atoms with van der Waals surface area (Å²) in [6.45, 7) is 2.19. The third-order valence-corrected chi connectivity index (χ3v) is 2.33. The highest BCUT2D eigenvalue weighted by Crippen LogP contribution is 2.17. The molecule has 1 unspecified atom stereocenters. The van der Waals surface area contributed by atoms with Crippen molar-refractivity contribution in [1.82, 2.24) is 15.2 Å². The van der Waals surface area contributed by atoms with Gasteiger partial charge in [0.2, 0.25) is 0 Å². The molecule has 1 N–H and O–H groups in total. The summed E-state index contributed by atoms with van der Waals surface area (Å²) in [6.07, 6.45) is 2.46. The van der Waals surface area contributed by atoms with Gasteiger partial charge < -0.3 is 0 Å². The molecule has 1 aromatic heterocycles. The maximum Gasteiger partial charge on any atom is 0.137 e. The van der Waals surface area contributed by atoms with E-state index in [1.165, 1.54) is 5.56 Å². The molecule has 1 atom stereocenters. The Labute approximate surface area is 83.2 Å². The second-order valence-electron chi connectivity index (χ2n) is 3.45. The van der Waals surface area contributed by atoms with E-state index < -0.39 is 0 Å². The number of aromatic amines is 1. The van der Waals surface area contributed by atoms with Gasteiger partial charge in [-0.1, -0.05) is 37.3 Å². The molecule has 14 heavy (non-hydrogen) atoms. The van der Waals surface area contributed by atoms with E-state index in [0.717, 1.165) is 12.2 Å². The number of benzene rings is 1. The first-order valence-corrected chi connectivity index (χ1v) is 4.75. The molecular weight excluding hydrogens is 174 g/mol. The molecule has 3 heteroatoms. The van der Waals surface area contributed by atoms with Crippen molar-refractivity contribution in [2.24, 2.45) is 0 Å². The minimum absolute atomic E-state index is 0.476. The van der Waals surface area contributed by atoms with Crippen LogP contribution in [0.1, 0.15) is 24.2 Å². The van der Waals surface area contributed by atoms with E-state index in [0.29, 0.717) is 5.92 Å². The summed E-state index contributed by atoms with van der Waals surface area (Å²) in [4.78, 5) is 4.12. The van der Waals surface area contributed by atoms with Gasteiger partial charge in [-0.25, -0.2) is 4.98 Å². The molecule has 1 aromatic carbocycles. The normalized spacial score (nSPS) is 12.6. The van der Waals surface area contributed by atoms with Crippen LogP contribution in [0.2, 0.25) is 0 Å². The molecule has 0 spiro atoms. The van der Waals surface area contributed by atoms with Crippen LogP contribution < -0.4 is 0 Å². The molecule has 0 amide bonds. The van der Waals surface area contributed by atoms with Gasteiger partial charge in [-0.05, 0) is 11.5 Å². The molecule has 0 radical (unpaired) electrons. The average molecular weight is 187 g/mol. The Balaban J connectivity index is 2.07. The van der Waals surface area contributed by atoms with Crippen molar-refractivity contribution in [3.8, 4) is 0 Å². The van der Waals surface area contributed by atoms with Gasteiger partial charge >= 0.3 is 0 Å². The predicted molar refractivity (Wildman–Crippen MR) is 54.9 cm³/mol. The lowest BCUT2D eigenvalue weighted by Crippen LogP contribution is -1.99. The SMILES string of the molecule is CC(Cc1ncn[nH]1)c1ccccc1. The molecule has 0 saturated heterocycles. The molecule has 0 aliphatic rings. The first kappa shape index (κ1) is 8.94. The molecule has 2 rings (SSSR count). The molecule has 3 nitrogen and oxygen atoms in total. The lowest BCUT2D eigenvalue weighted by molar-refractivity contribution is 0.721. The zero-order valence-electron chi connectivity index (χ0n) is 8.14. The summed E-state index contributed by atoms with van der Waals surface area (Å²) in [5.41, 5.74) is 1.34. The lowest BCUT2D eigenvalue weighted by Gasteiger charge is -2.08. The fraction of sp³-hybridized carbons (Fsp3) is 0.273. The van der Waals surface area contributed by atoms with Crippen molar-refractivity contribution in [3.05, 3.63) is 48.0 Å². The van der Waals surface area contributed by atoms with E-state index >= 15 is 0 Å². The highest BCUT2D eigenvalue weighted by molar-refractivity contribution is 5.19. The smallest absolute Gasteiger partial charge is 0.137 e. The first-order valence-electron chi connectivity index (χ1n) is 4.75. The van der Waals surface area contributed by atoms with Crippen molar-refractivity contribution in [1.29, 1.82) is 0 Å². The molecule has 0 bridgehead atoms. The number of nitrogens with zero attached hydrogens (tertiary/aromatic N) is 2. The Morgan fingerprint density at radius 1 is 1.29 bits per heavy atom. The zero-order valence-corrected chi connectivity index (χ0v) is 8.14. The van der Waals surface area contributed by atoms with Crippen LogP contribution in [0, 0.1) is 0 Å². The summed E-state index contributed by atoms with van der Waals surface area (Å²) >= 11 is 0. The number of aromatic nitrogens is 3. The highest BCUT2D eigenvalue weighted by atomic mass is 15.2. The van der Waals surface area contributed by atoms with Crippen molar-refractivity contribution < 1.29 is 0 Å². The van der Waals surface area contributed by atoms with E-state index in [2.05, 4.69) is 46.4 Å². The molecule has 1 heterocycles. The van der Waals surface area contributed by atoms with Gasteiger partial charge in [0.25, 0.3) is 0 Å². The first-order chi connectivity index (χ1) is 6.86. The van der Waals surface area contributed by atoms with Gasteiger partial charge in [-0.3, -0.25) is 5.10 Å². The second-order valence-corrected chi connectivity index (χ2v) is 3.45. The summed E-state index contributed by atoms with van der Waals surface area (Å²) in [5.74, 6) is 1.42. The summed E-state index contributed by atoms with van der Waals surface area (Å²) < 4.78 is 0. The van der Waals surface area contributed by atoms with Crippen molar-refractivity contribution >= 4 is 0 Å². The fourth-order valence-electron chi connectivity index (χ4n) is 1.52. The van der Waals surface area contributed by atoms with E-state index in [9.17, 15) is 0 Å². The molecule has 0 saturated carbocycles. The van der Waals surface area contributed by atoms with Crippen LogP contribution in [0.25, 0.3) is 0 Å². The van der Waals surface area contributed by atoms with E-state index in [1.807, 2.05) is 6.07 Å². The molecule has 2 aromatic rings. The van der Waals surface area contributed by atoms with Crippen LogP contribution >= 0.6 is 0 Å². The minimum atomic E-state index is 0.476. The van der Waals surface area contributed by atoms with Crippen molar-refractivity contribution in [2.75, 3.05) is 0 Å². The summed E-state index contributed by atoms with van der Waals surface area (Å²) in [7, 11) is 0. The minimum Gasteiger partial charge on any atom is -0.263 e. The molecule has 0 aliphatic heterocycles. The Kier molecular flexibility index (Phi) is 2.58. The molecule has 72 valence electrons. The maximum absolute atomic E-state index is 4.12. The van der Waals surface area contributed by atoms with E-state index in [1.54, 1.807) is 6.33 Å². The van der Waals surface area contributed by atoms with Gasteiger partial charge in [0.05, 0.1) is 0 Å². The highest BCUT2D eigenvalue weighted by Gasteiger charge is 2.07. The number of nitrogens with one attached hydrogen (secondary N) is 1. The topological polar surface area (TPSA) is 41.6 Å². The average Bonchev–Trinajstić information content (AvgIpc) is 2.72. The molecular formula is C11H13N3. The third-order valence-electron chi connectivity index (χ3n) is 2.33. The number of hydrogen-bond donors (Lipinski definition) is 1.